The monoisotopic (exact) mass is 285 g/mol. The highest BCUT2D eigenvalue weighted by atomic mass is 35.5. The van der Waals surface area contributed by atoms with Gasteiger partial charge in [0.25, 0.3) is 0 Å². The number of hydrogen-bond donors (Lipinski definition) is 0. The van der Waals surface area contributed by atoms with Crippen LogP contribution < -0.4 is 4.74 Å². The van der Waals surface area contributed by atoms with Crippen LogP contribution in [0.25, 0.3) is 17.1 Å². The van der Waals surface area contributed by atoms with E-state index in [0.717, 1.165) is 11.3 Å². The Hall–Kier alpha value is -2.33. The van der Waals surface area contributed by atoms with E-state index in [0.29, 0.717) is 16.9 Å². The van der Waals surface area contributed by atoms with Crippen LogP contribution in [-0.2, 0) is 0 Å². The summed E-state index contributed by atoms with van der Waals surface area (Å²) in [6.07, 6.45) is 0. The van der Waals surface area contributed by atoms with E-state index >= 15 is 0 Å². The van der Waals surface area contributed by atoms with E-state index in [1.807, 2.05) is 54.6 Å². The summed E-state index contributed by atoms with van der Waals surface area (Å²) >= 11 is 6.19. The van der Waals surface area contributed by atoms with Crippen LogP contribution >= 0.6 is 11.6 Å². The molecule has 3 aromatic rings. The first-order valence-corrected chi connectivity index (χ1v) is 6.49. The molecule has 0 unspecified atom stereocenters. The first-order chi connectivity index (χ1) is 9.81. The highest BCUT2D eigenvalue weighted by molar-refractivity contribution is 6.28. The maximum Gasteiger partial charge on any atom is 0.230 e. The number of methoxy groups -OCH3 is 1. The lowest BCUT2D eigenvalue weighted by atomic mass is 10.2. The van der Waals surface area contributed by atoms with Crippen molar-refractivity contribution < 1.29 is 4.74 Å². The Morgan fingerprint density at radius 1 is 0.950 bits per heavy atom. The Labute approximate surface area is 121 Å². The smallest absolute Gasteiger partial charge is 0.230 e. The lowest BCUT2D eigenvalue weighted by Crippen LogP contribution is -2.00. The summed E-state index contributed by atoms with van der Waals surface area (Å²) in [5.41, 5.74) is 1.75. The fraction of sp³-hybridized carbons (Fsp3) is 0.0667. The number of aromatic nitrogens is 3. The third kappa shape index (κ3) is 2.14. The van der Waals surface area contributed by atoms with Gasteiger partial charge in [-0.3, -0.25) is 4.57 Å². The Balaban J connectivity index is 2.22. The van der Waals surface area contributed by atoms with Gasteiger partial charge in [0.05, 0.1) is 12.8 Å². The second kappa shape index (κ2) is 5.35. The highest BCUT2D eigenvalue weighted by Gasteiger charge is 2.16. The predicted molar refractivity (Wildman–Crippen MR) is 78.4 cm³/mol. The fourth-order valence-corrected chi connectivity index (χ4v) is 2.28. The molecule has 0 atom stereocenters. The highest BCUT2D eigenvalue weighted by Crippen LogP contribution is 2.30. The van der Waals surface area contributed by atoms with Gasteiger partial charge in [0.2, 0.25) is 5.28 Å². The average Bonchev–Trinajstić information content (AvgIpc) is 2.89. The van der Waals surface area contributed by atoms with Crippen molar-refractivity contribution in [1.29, 1.82) is 0 Å². The van der Waals surface area contributed by atoms with Crippen molar-refractivity contribution >= 4 is 11.6 Å². The van der Waals surface area contributed by atoms with Gasteiger partial charge in [-0.05, 0) is 23.7 Å². The van der Waals surface area contributed by atoms with Crippen molar-refractivity contribution in [3.63, 3.8) is 0 Å². The molecule has 0 amide bonds. The molecule has 1 heterocycles. The molecule has 2 aromatic carbocycles. The van der Waals surface area contributed by atoms with Crippen molar-refractivity contribution in [3.8, 4) is 22.8 Å². The lowest BCUT2D eigenvalue weighted by Gasteiger charge is -2.11. The molecule has 0 aliphatic rings. The van der Waals surface area contributed by atoms with Crippen LogP contribution in [0.1, 0.15) is 0 Å². The van der Waals surface area contributed by atoms with E-state index in [2.05, 4.69) is 10.2 Å². The molecule has 0 bridgehead atoms. The molecule has 100 valence electrons. The van der Waals surface area contributed by atoms with E-state index in [-0.39, 0.29) is 0 Å². The summed E-state index contributed by atoms with van der Waals surface area (Å²) < 4.78 is 7.15. The molecule has 0 saturated carbocycles. The van der Waals surface area contributed by atoms with E-state index in [1.54, 1.807) is 11.7 Å². The number of hydrogen-bond acceptors (Lipinski definition) is 3. The standard InChI is InChI=1S/C15H12ClN3O/c1-20-13-10-6-5-9-12(13)19-14(17-18-15(19)16)11-7-3-2-4-8-11/h2-10H,1H3. The molecule has 0 spiro atoms. The SMILES string of the molecule is COc1ccccc1-n1c(Cl)nnc1-c1ccccc1. The van der Waals surface area contributed by atoms with Crippen molar-refractivity contribution in [3.05, 3.63) is 59.9 Å². The predicted octanol–water partition coefficient (Wildman–Crippen LogP) is 3.60. The molecule has 20 heavy (non-hydrogen) atoms. The minimum atomic E-state index is 0.299. The van der Waals surface area contributed by atoms with Crippen LogP contribution in [0.3, 0.4) is 0 Å². The van der Waals surface area contributed by atoms with Gasteiger partial charge in [-0.2, -0.15) is 0 Å². The zero-order chi connectivity index (χ0) is 13.9. The molecule has 0 N–H and O–H groups in total. The summed E-state index contributed by atoms with van der Waals surface area (Å²) in [6.45, 7) is 0. The number of ether oxygens (including phenoxy) is 1. The first kappa shape index (κ1) is 12.7. The van der Waals surface area contributed by atoms with Gasteiger partial charge in [0, 0.05) is 5.56 Å². The zero-order valence-electron chi connectivity index (χ0n) is 10.8. The van der Waals surface area contributed by atoms with E-state index in [9.17, 15) is 0 Å². The normalized spacial score (nSPS) is 10.5. The maximum absolute atomic E-state index is 6.19. The van der Waals surface area contributed by atoms with Crippen LogP contribution in [0.15, 0.2) is 54.6 Å². The third-order valence-corrected chi connectivity index (χ3v) is 3.23. The molecule has 0 saturated heterocycles. The minimum absolute atomic E-state index is 0.299. The van der Waals surface area contributed by atoms with Crippen LogP contribution in [0.2, 0.25) is 5.28 Å². The number of halogens is 1. The van der Waals surface area contributed by atoms with Crippen molar-refractivity contribution in [1.82, 2.24) is 14.8 Å². The van der Waals surface area contributed by atoms with Gasteiger partial charge in [0.15, 0.2) is 5.82 Å². The molecular weight excluding hydrogens is 274 g/mol. The van der Waals surface area contributed by atoms with Crippen LogP contribution in [0.5, 0.6) is 5.75 Å². The van der Waals surface area contributed by atoms with Crippen LogP contribution in [0.4, 0.5) is 0 Å². The Morgan fingerprint density at radius 2 is 1.65 bits per heavy atom. The largest absolute Gasteiger partial charge is 0.495 e. The second-order valence-electron chi connectivity index (χ2n) is 4.17. The third-order valence-electron chi connectivity index (χ3n) is 2.98. The van der Waals surface area contributed by atoms with Gasteiger partial charge in [-0.25, -0.2) is 0 Å². The molecule has 1 aromatic heterocycles. The number of rotatable bonds is 3. The summed E-state index contributed by atoms with van der Waals surface area (Å²) in [4.78, 5) is 0. The Kier molecular flexibility index (Phi) is 3.39. The topological polar surface area (TPSA) is 39.9 Å². The van der Waals surface area contributed by atoms with E-state index in [1.165, 1.54) is 0 Å². The molecule has 0 radical (unpaired) electrons. The van der Waals surface area contributed by atoms with Gasteiger partial charge in [-0.1, -0.05) is 42.5 Å². The summed E-state index contributed by atoms with van der Waals surface area (Å²) in [7, 11) is 1.62. The first-order valence-electron chi connectivity index (χ1n) is 6.11. The van der Waals surface area contributed by atoms with Crippen LogP contribution in [-0.4, -0.2) is 21.9 Å². The fourth-order valence-electron chi connectivity index (χ4n) is 2.07. The summed E-state index contributed by atoms with van der Waals surface area (Å²) in [6, 6.07) is 17.4. The number of benzene rings is 2. The van der Waals surface area contributed by atoms with Gasteiger partial charge in [0.1, 0.15) is 5.75 Å². The van der Waals surface area contributed by atoms with Crippen molar-refractivity contribution in [2.75, 3.05) is 7.11 Å². The van der Waals surface area contributed by atoms with E-state index in [4.69, 9.17) is 16.3 Å². The minimum Gasteiger partial charge on any atom is -0.495 e. The molecular formula is C15H12ClN3O. The molecule has 0 fully saturated rings. The molecule has 4 nitrogen and oxygen atoms in total. The molecule has 3 rings (SSSR count). The second-order valence-corrected chi connectivity index (χ2v) is 4.50. The summed E-state index contributed by atoms with van der Waals surface area (Å²) in [5.74, 6) is 1.39. The van der Waals surface area contributed by atoms with Crippen molar-refractivity contribution in [2.45, 2.75) is 0 Å². The molecule has 5 heteroatoms. The average molecular weight is 286 g/mol. The van der Waals surface area contributed by atoms with Crippen LogP contribution in [0, 0.1) is 0 Å². The van der Waals surface area contributed by atoms with Gasteiger partial charge in [-0.15, -0.1) is 10.2 Å². The Bertz CT molecular complexity index is 725. The lowest BCUT2D eigenvalue weighted by molar-refractivity contribution is 0.413. The molecule has 0 aliphatic carbocycles. The van der Waals surface area contributed by atoms with Crippen molar-refractivity contribution in [2.24, 2.45) is 0 Å². The maximum atomic E-state index is 6.19. The number of para-hydroxylation sites is 2. The quantitative estimate of drug-likeness (QED) is 0.738. The molecule has 0 aliphatic heterocycles. The Morgan fingerprint density at radius 3 is 2.40 bits per heavy atom. The van der Waals surface area contributed by atoms with E-state index < -0.39 is 0 Å². The summed E-state index contributed by atoms with van der Waals surface area (Å²) in [5, 5.41) is 8.43. The zero-order valence-corrected chi connectivity index (χ0v) is 11.6. The van der Waals surface area contributed by atoms with Gasteiger partial charge >= 0.3 is 0 Å². The number of nitrogens with zero attached hydrogens (tertiary/aromatic N) is 3. The van der Waals surface area contributed by atoms with Gasteiger partial charge < -0.3 is 4.74 Å².